The summed E-state index contributed by atoms with van der Waals surface area (Å²) >= 11 is 0. The van der Waals surface area contributed by atoms with Crippen LogP contribution in [0.4, 0.5) is 0 Å². The minimum Gasteiger partial charge on any atom is -0.479 e. The number of aliphatic carboxylic acids is 1. The van der Waals surface area contributed by atoms with Crippen LogP contribution in [0.15, 0.2) is 158 Å². The van der Waals surface area contributed by atoms with E-state index in [4.69, 9.17) is 23.7 Å². The van der Waals surface area contributed by atoms with Crippen LogP contribution in [0.2, 0.25) is 0 Å². The fourth-order valence-corrected chi connectivity index (χ4v) is 7.36. The van der Waals surface area contributed by atoms with E-state index in [1.165, 1.54) is 0 Å². The smallest absolute Gasteiger partial charge is 0.335 e. The first-order chi connectivity index (χ1) is 37.6. The average Bonchev–Trinajstić information content (AvgIpc) is 3.42. The molecule has 0 aromatic rings. The number of allylic oxidation sites excluding steroid dienone is 25. The third-order valence-electron chi connectivity index (χ3n) is 11.6. The van der Waals surface area contributed by atoms with Gasteiger partial charge in [0.2, 0.25) is 0 Å². The van der Waals surface area contributed by atoms with Crippen molar-refractivity contribution in [3.05, 3.63) is 158 Å². The molecule has 1 heterocycles. The molecule has 0 aliphatic carbocycles. The summed E-state index contributed by atoms with van der Waals surface area (Å²) < 4.78 is 28.2. The third kappa shape index (κ3) is 41.2. The van der Waals surface area contributed by atoms with Crippen molar-refractivity contribution in [1.29, 1.82) is 0 Å². The van der Waals surface area contributed by atoms with Crippen LogP contribution in [-0.4, -0.2) is 89.2 Å². The maximum atomic E-state index is 13.1. The lowest BCUT2D eigenvalue weighted by atomic mass is 9.98. The van der Waals surface area contributed by atoms with Crippen LogP contribution in [0.25, 0.3) is 0 Å². The van der Waals surface area contributed by atoms with Gasteiger partial charge in [0.25, 0.3) is 0 Å². The second-order valence-corrected chi connectivity index (χ2v) is 18.4. The van der Waals surface area contributed by atoms with E-state index in [1.807, 2.05) is 18.2 Å². The second-order valence-electron chi connectivity index (χ2n) is 18.4. The number of aliphatic hydroxyl groups excluding tert-OH is 2. The van der Waals surface area contributed by atoms with Crippen molar-refractivity contribution < 1.29 is 58.2 Å². The van der Waals surface area contributed by atoms with Crippen molar-refractivity contribution in [2.75, 3.05) is 13.2 Å². The predicted octanol–water partition coefficient (Wildman–Crippen LogP) is 14.6. The van der Waals surface area contributed by atoms with Gasteiger partial charge in [-0.2, -0.15) is 0 Å². The van der Waals surface area contributed by atoms with Gasteiger partial charge >= 0.3 is 23.9 Å². The maximum absolute atomic E-state index is 13.1. The highest BCUT2D eigenvalue weighted by atomic mass is 16.7. The molecule has 428 valence electrons. The Labute approximate surface area is 463 Å². The molecule has 0 saturated carbocycles. The summed E-state index contributed by atoms with van der Waals surface area (Å²) in [4.78, 5) is 51.0. The Morgan fingerprint density at radius 3 is 1.22 bits per heavy atom. The molecule has 1 saturated heterocycles. The van der Waals surface area contributed by atoms with Crippen molar-refractivity contribution in [3.63, 3.8) is 0 Å². The molecule has 1 aliphatic heterocycles. The van der Waals surface area contributed by atoms with Gasteiger partial charge in [-0.05, 0) is 122 Å². The zero-order valence-corrected chi connectivity index (χ0v) is 46.9. The molecule has 0 bridgehead atoms. The van der Waals surface area contributed by atoms with E-state index in [0.29, 0.717) is 19.3 Å². The number of hydrogen-bond acceptors (Lipinski definition) is 11. The molecule has 6 atom stereocenters. The van der Waals surface area contributed by atoms with Gasteiger partial charge in [-0.15, -0.1) is 0 Å². The van der Waals surface area contributed by atoms with Gasteiger partial charge in [0.05, 0.1) is 13.0 Å². The van der Waals surface area contributed by atoms with E-state index in [-0.39, 0.29) is 19.3 Å². The maximum Gasteiger partial charge on any atom is 0.335 e. The molecule has 1 rings (SSSR count). The van der Waals surface area contributed by atoms with Crippen LogP contribution < -0.4 is 0 Å². The fraction of sp³-hybridized carbons (Fsp3) is 0.538. The summed E-state index contributed by atoms with van der Waals surface area (Å²) in [5.74, 6) is -3.40. The van der Waals surface area contributed by atoms with Gasteiger partial charge in [0.15, 0.2) is 24.6 Å². The van der Waals surface area contributed by atoms with Gasteiger partial charge in [-0.3, -0.25) is 14.4 Å². The number of hydrogen-bond donors (Lipinski definition) is 3. The molecular weight excluding hydrogens is 973 g/mol. The van der Waals surface area contributed by atoms with Crippen LogP contribution in [0.5, 0.6) is 0 Å². The molecular formula is C65H96O12. The van der Waals surface area contributed by atoms with E-state index in [2.05, 4.69) is 154 Å². The third-order valence-corrected chi connectivity index (χ3v) is 11.6. The molecule has 12 heteroatoms. The topological polar surface area (TPSA) is 175 Å². The lowest BCUT2D eigenvalue weighted by Crippen LogP contribution is -2.61. The summed E-state index contributed by atoms with van der Waals surface area (Å²) in [6.07, 6.45) is 62.5. The molecule has 0 aromatic heterocycles. The molecule has 3 N–H and O–H groups in total. The SMILES string of the molecule is CC/C=C\C/C=C\C/C=C\C/C=C\C/C=C\CCCCCC(=O)OC1C(OCC(COC(=O)C/C=C/C/C=C\C/C=C\C/C=C\C/C=C\CC)OC(=O)CCCCC/C=C\C/C=C\C/C=C\CC)OC(C(=O)O)C(O)C1O. The van der Waals surface area contributed by atoms with Gasteiger partial charge < -0.3 is 39.0 Å². The van der Waals surface area contributed by atoms with E-state index in [9.17, 15) is 34.5 Å². The van der Waals surface area contributed by atoms with Crippen LogP contribution in [-0.2, 0) is 42.9 Å². The lowest BCUT2D eigenvalue weighted by Gasteiger charge is -2.40. The Hall–Kier alpha value is -5.66. The van der Waals surface area contributed by atoms with Crippen LogP contribution in [0.1, 0.15) is 175 Å². The van der Waals surface area contributed by atoms with Gasteiger partial charge in [0, 0.05) is 12.8 Å². The molecule has 0 aromatic carbocycles. The quantitative estimate of drug-likeness (QED) is 0.0228. The molecule has 0 spiro atoms. The Kier molecular flexibility index (Phi) is 46.0. The molecule has 12 nitrogen and oxygen atoms in total. The van der Waals surface area contributed by atoms with Crippen LogP contribution in [0.3, 0.4) is 0 Å². The number of aliphatic hydroxyl groups is 2. The molecule has 0 radical (unpaired) electrons. The highest BCUT2D eigenvalue weighted by Gasteiger charge is 2.50. The van der Waals surface area contributed by atoms with Gasteiger partial charge in [-0.25, -0.2) is 4.79 Å². The second kappa shape index (κ2) is 51.1. The summed E-state index contributed by atoms with van der Waals surface area (Å²) in [7, 11) is 0. The Bertz CT molecular complexity index is 1940. The van der Waals surface area contributed by atoms with Crippen LogP contribution in [0, 0.1) is 0 Å². The van der Waals surface area contributed by atoms with Crippen molar-refractivity contribution in [2.45, 2.75) is 212 Å². The molecule has 6 unspecified atom stereocenters. The Balaban J connectivity index is 2.79. The zero-order chi connectivity index (χ0) is 56.1. The molecule has 1 fully saturated rings. The standard InChI is InChI=1S/C65H96O12/c1-4-7-10-13-16-19-22-25-27-28-29-30-32-35-38-41-44-47-50-53-59(68)76-63-61(70)60(69)62(64(71)72)77-65(63)74-55-56(75-58(67)52-49-46-43-40-37-33-24-21-18-15-12-9-6-3)54-73-57(66)51-48-45-42-39-36-34-31-26-23-20-17-14-11-8-5-2/h7-12,16-21,25-27,29-31,33,35-39,45,48,56,60-63,65,69-70H,4-6,13-15,22-24,28,32,34,40-44,46-47,49-55H2,1-3H3,(H,71,72)/b10-7-,11-8-,12-9-,19-16-,20-17-,21-18-,27-25-,30-29-,31-26-,37-33-,38-35-,39-36-,48-45+. The average molecular weight is 1070 g/mol. The lowest BCUT2D eigenvalue weighted by molar-refractivity contribution is -0.301. The van der Waals surface area contributed by atoms with E-state index < -0.39 is 73.9 Å². The highest BCUT2D eigenvalue weighted by molar-refractivity contribution is 5.74. The van der Waals surface area contributed by atoms with Crippen molar-refractivity contribution >= 4 is 23.9 Å². The fourth-order valence-electron chi connectivity index (χ4n) is 7.36. The largest absolute Gasteiger partial charge is 0.479 e. The Morgan fingerprint density at radius 1 is 0.442 bits per heavy atom. The first kappa shape index (κ1) is 69.4. The van der Waals surface area contributed by atoms with E-state index in [0.717, 1.165) is 116 Å². The summed E-state index contributed by atoms with van der Waals surface area (Å²) in [5, 5.41) is 31.5. The zero-order valence-electron chi connectivity index (χ0n) is 46.9. The predicted molar refractivity (Wildman–Crippen MR) is 312 cm³/mol. The first-order valence-electron chi connectivity index (χ1n) is 28.5. The number of esters is 3. The Morgan fingerprint density at radius 2 is 0.818 bits per heavy atom. The summed E-state index contributed by atoms with van der Waals surface area (Å²) in [5.41, 5.74) is 0. The highest BCUT2D eigenvalue weighted by Crippen LogP contribution is 2.26. The minimum atomic E-state index is -1.94. The van der Waals surface area contributed by atoms with Gasteiger partial charge in [0.1, 0.15) is 18.8 Å². The normalized spacial score (nSPS) is 19.2. The molecule has 0 amide bonds. The number of ether oxygens (including phenoxy) is 5. The molecule has 1 aliphatic rings. The van der Waals surface area contributed by atoms with Crippen molar-refractivity contribution in [1.82, 2.24) is 0 Å². The van der Waals surface area contributed by atoms with Crippen molar-refractivity contribution in [2.24, 2.45) is 0 Å². The number of unbranched alkanes of at least 4 members (excludes halogenated alkanes) is 6. The van der Waals surface area contributed by atoms with Crippen molar-refractivity contribution in [3.8, 4) is 0 Å². The number of carbonyl (C=O) groups is 4. The van der Waals surface area contributed by atoms with E-state index >= 15 is 0 Å². The number of carbonyl (C=O) groups excluding carboxylic acids is 3. The summed E-state index contributed by atoms with van der Waals surface area (Å²) in [6.45, 7) is 5.49. The number of rotatable bonds is 45. The van der Waals surface area contributed by atoms with Gasteiger partial charge in [-0.1, -0.05) is 192 Å². The van der Waals surface area contributed by atoms with E-state index in [1.54, 1.807) is 6.08 Å². The number of carboxylic acid groups (broad SMARTS) is 1. The monoisotopic (exact) mass is 1070 g/mol. The number of carboxylic acids is 1. The molecule has 77 heavy (non-hydrogen) atoms. The summed E-state index contributed by atoms with van der Waals surface area (Å²) in [6, 6.07) is 0. The minimum absolute atomic E-state index is 0.00102. The first-order valence-corrected chi connectivity index (χ1v) is 28.5. The van der Waals surface area contributed by atoms with Crippen LogP contribution >= 0.6 is 0 Å².